The Kier molecular flexibility index (Phi) is 2.27. The van der Waals surface area contributed by atoms with Gasteiger partial charge in [-0.15, -0.1) is 0 Å². The van der Waals surface area contributed by atoms with Crippen LogP contribution in [-0.4, -0.2) is 18.8 Å². The Morgan fingerprint density at radius 3 is 1.93 bits per heavy atom. The van der Waals surface area contributed by atoms with E-state index < -0.39 is 20.2 Å². The van der Waals surface area contributed by atoms with Crippen LogP contribution in [0.5, 0.6) is 0 Å². The Hall–Kier alpha value is -0.510. The summed E-state index contributed by atoms with van der Waals surface area (Å²) in [6.07, 6.45) is 0. The van der Waals surface area contributed by atoms with Gasteiger partial charge in [0.1, 0.15) is 16.1 Å². The molecule has 0 saturated carbocycles. The molecule has 0 aromatic carbocycles. The second-order valence-electron chi connectivity index (χ2n) is 4.74. The molecule has 0 spiro atoms. The zero-order chi connectivity index (χ0) is 11.4. The maximum atomic E-state index is 12.1. The van der Waals surface area contributed by atoms with Crippen molar-refractivity contribution in [3.8, 4) is 0 Å². The number of hydrogen-bond acceptors (Lipinski definition) is 3. The molecule has 4 heteroatoms. The number of sulfone groups is 1. The third-order valence-corrected chi connectivity index (χ3v) is 6.36. The van der Waals surface area contributed by atoms with Crippen molar-refractivity contribution in [3.63, 3.8) is 0 Å². The molecule has 0 N–H and O–H groups in total. The summed E-state index contributed by atoms with van der Waals surface area (Å²) in [6.45, 7) is 10.3. The highest BCUT2D eigenvalue weighted by Gasteiger charge is 2.53. The van der Waals surface area contributed by atoms with Crippen LogP contribution >= 0.6 is 0 Å². The molecule has 0 radical (unpaired) electrons. The van der Waals surface area contributed by atoms with E-state index in [1.807, 2.05) is 0 Å². The van der Waals surface area contributed by atoms with E-state index in [9.17, 15) is 8.42 Å². The minimum absolute atomic E-state index is 0.349. The fourth-order valence-corrected chi connectivity index (χ4v) is 3.35. The molecule has 0 aromatic rings. The maximum absolute atomic E-state index is 12.1. The Bertz CT molecular complexity index is 386. The molecule has 1 heterocycles. The van der Waals surface area contributed by atoms with Gasteiger partial charge in [0.05, 0.1) is 4.91 Å². The molecule has 0 aromatic heterocycles. The lowest BCUT2D eigenvalue weighted by molar-refractivity contribution is 0.00151. The van der Waals surface area contributed by atoms with E-state index in [0.29, 0.717) is 10.7 Å². The lowest BCUT2D eigenvalue weighted by atomic mass is 9.93. The Morgan fingerprint density at radius 1 is 1.07 bits per heavy atom. The molecule has 0 saturated heterocycles. The van der Waals surface area contributed by atoms with Gasteiger partial charge in [-0.3, -0.25) is 0 Å². The van der Waals surface area contributed by atoms with E-state index in [1.165, 1.54) is 0 Å². The molecule has 1 rings (SSSR count). The van der Waals surface area contributed by atoms with E-state index in [1.54, 1.807) is 41.5 Å². The van der Waals surface area contributed by atoms with Gasteiger partial charge in [-0.2, -0.15) is 0 Å². The summed E-state index contributed by atoms with van der Waals surface area (Å²) in [5, 5.41) is 0. The first kappa shape index (κ1) is 11.6. The highest BCUT2D eigenvalue weighted by Crippen LogP contribution is 2.43. The molecule has 0 aliphatic carbocycles. The van der Waals surface area contributed by atoms with Crippen molar-refractivity contribution in [1.29, 1.82) is 0 Å². The number of ether oxygens (including phenoxy) is 1. The molecular formula is C10H18O3S. The predicted molar refractivity (Wildman–Crippen MR) is 56.5 cm³/mol. The van der Waals surface area contributed by atoms with Crippen molar-refractivity contribution >= 4 is 9.84 Å². The van der Waals surface area contributed by atoms with Crippen molar-refractivity contribution < 1.29 is 13.2 Å². The summed E-state index contributed by atoms with van der Waals surface area (Å²) in [7, 11) is -3.24. The number of hydrogen-bond donors (Lipinski definition) is 0. The highest BCUT2D eigenvalue weighted by molar-refractivity contribution is 7.96. The second-order valence-corrected chi connectivity index (χ2v) is 7.38. The first-order chi connectivity index (χ1) is 6.04. The molecule has 0 unspecified atom stereocenters. The van der Waals surface area contributed by atoms with Crippen molar-refractivity contribution in [2.45, 2.75) is 51.9 Å². The van der Waals surface area contributed by atoms with Crippen LogP contribution in [0.3, 0.4) is 0 Å². The highest BCUT2D eigenvalue weighted by atomic mass is 32.2. The van der Waals surface area contributed by atoms with Gasteiger partial charge >= 0.3 is 0 Å². The molecule has 14 heavy (non-hydrogen) atoms. The molecule has 3 nitrogen and oxygen atoms in total. The fourth-order valence-electron chi connectivity index (χ4n) is 1.47. The predicted octanol–water partition coefficient (Wildman–Crippen LogP) is 2.24. The molecule has 1 aliphatic rings. The van der Waals surface area contributed by atoms with Crippen molar-refractivity contribution in [1.82, 2.24) is 0 Å². The molecule has 0 fully saturated rings. The Labute approximate surface area is 86.1 Å². The zero-order valence-electron chi connectivity index (χ0n) is 9.63. The molecule has 82 valence electrons. The van der Waals surface area contributed by atoms with E-state index in [0.717, 1.165) is 0 Å². The average Bonchev–Trinajstić information content (AvgIpc) is 1.99. The normalized spacial score (nSPS) is 28.4. The average molecular weight is 218 g/mol. The van der Waals surface area contributed by atoms with Crippen molar-refractivity contribution in [3.05, 3.63) is 10.7 Å². The molecular weight excluding hydrogens is 200 g/mol. The lowest BCUT2D eigenvalue weighted by Crippen LogP contribution is -2.55. The van der Waals surface area contributed by atoms with Gasteiger partial charge in [0, 0.05) is 0 Å². The van der Waals surface area contributed by atoms with Crippen LogP contribution in [0.4, 0.5) is 0 Å². The van der Waals surface area contributed by atoms with Gasteiger partial charge in [0.15, 0.2) is 9.84 Å². The topological polar surface area (TPSA) is 43.4 Å². The summed E-state index contributed by atoms with van der Waals surface area (Å²) in [5.41, 5.74) is -0.685. The minimum Gasteiger partial charge on any atom is -0.490 e. The summed E-state index contributed by atoms with van der Waals surface area (Å²) in [6, 6.07) is 0. The summed E-state index contributed by atoms with van der Waals surface area (Å²) < 4.78 is 29.0. The smallest absolute Gasteiger partial charge is 0.186 e. The maximum Gasteiger partial charge on any atom is 0.186 e. The zero-order valence-corrected chi connectivity index (χ0v) is 10.4. The summed E-state index contributed by atoms with van der Waals surface area (Å²) in [4.78, 5) is 0.349. The second kappa shape index (κ2) is 2.75. The van der Waals surface area contributed by atoms with E-state index in [2.05, 4.69) is 0 Å². The van der Waals surface area contributed by atoms with Gasteiger partial charge in [0.2, 0.25) is 0 Å². The first-order valence-electron chi connectivity index (χ1n) is 4.65. The van der Waals surface area contributed by atoms with Crippen LogP contribution in [0.25, 0.3) is 0 Å². The van der Waals surface area contributed by atoms with Crippen LogP contribution in [-0.2, 0) is 14.6 Å². The van der Waals surface area contributed by atoms with Crippen molar-refractivity contribution in [2.24, 2.45) is 0 Å². The fraction of sp³-hybridized carbons (Fsp3) is 0.800. The minimum atomic E-state index is -3.24. The standard InChI is InChI=1S/C10H18O3S/c1-7-8(2)14(11,12)10(5,6)9(3,4)13-7/h1-6H3. The van der Waals surface area contributed by atoms with Crippen LogP contribution in [0.1, 0.15) is 41.5 Å². The van der Waals surface area contributed by atoms with E-state index in [4.69, 9.17) is 4.74 Å². The number of allylic oxidation sites excluding steroid dienone is 2. The van der Waals surface area contributed by atoms with Crippen LogP contribution in [0, 0.1) is 0 Å². The van der Waals surface area contributed by atoms with Crippen LogP contribution < -0.4 is 0 Å². The van der Waals surface area contributed by atoms with E-state index >= 15 is 0 Å². The van der Waals surface area contributed by atoms with Gasteiger partial charge in [-0.05, 0) is 41.5 Å². The van der Waals surface area contributed by atoms with Gasteiger partial charge < -0.3 is 4.74 Å². The molecule has 1 aliphatic heterocycles. The largest absolute Gasteiger partial charge is 0.490 e. The first-order valence-corrected chi connectivity index (χ1v) is 6.13. The quantitative estimate of drug-likeness (QED) is 0.626. The Balaban J connectivity index is 3.52. The molecule has 0 amide bonds. The SMILES string of the molecule is CC1=C(C)S(=O)(=O)C(C)(C)C(C)(C)O1. The summed E-state index contributed by atoms with van der Waals surface area (Å²) in [5.74, 6) is 0.509. The Morgan fingerprint density at radius 2 is 1.50 bits per heavy atom. The van der Waals surface area contributed by atoms with Crippen LogP contribution in [0.15, 0.2) is 10.7 Å². The monoisotopic (exact) mass is 218 g/mol. The number of rotatable bonds is 0. The van der Waals surface area contributed by atoms with E-state index in [-0.39, 0.29) is 0 Å². The van der Waals surface area contributed by atoms with Crippen molar-refractivity contribution in [2.75, 3.05) is 0 Å². The van der Waals surface area contributed by atoms with Gasteiger partial charge in [-0.1, -0.05) is 0 Å². The molecule has 0 atom stereocenters. The van der Waals surface area contributed by atoms with Gasteiger partial charge in [-0.25, -0.2) is 8.42 Å². The molecule has 0 bridgehead atoms. The third-order valence-electron chi connectivity index (χ3n) is 3.43. The van der Waals surface area contributed by atoms with Crippen LogP contribution in [0.2, 0.25) is 0 Å². The summed E-state index contributed by atoms with van der Waals surface area (Å²) >= 11 is 0. The van der Waals surface area contributed by atoms with Gasteiger partial charge in [0.25, 0.3) is 0 Å². The lowest BCUT2D eigenvalue weighted by Gasteiger charge is -2.45. The third kappa shape index (κ3) is 1.20.